The molecule has 1 N–H and O–H groups in total. The molecule has 1 aliphatic heterocycles. The minimum Gasteiger partial charge on any atom is -0.508 e. The quantitative estimate of drug-likeness (QED) is 0.754. The van der Waals surface area contributed by atoms with E-state index in [0.717, 1.165) is 25.4 Å². The van der Waals surface area contributed by atoms with E-state index in [9.17, 15) is 5.11 Å². The Balaban J connectivity index is 0.00000242. The van der Waals surface area contributed by atoms with Crippen molar-refractivity contribution in [1.29, 1.82) is 0 Å². The van der Waals surface area contributed by atoms with Gasteiger partial charge in [0.2, 0.25) is 0 Å². The summed E-state index contributed by atoms with van der Waals surface area (Å²) in [5.74, 6) is 1.72. The molecule has 1 heterocycles. The maximum atomic E-state index is 9.80. The zero-order valence-electron chi connectivity index (χ0n) is 14.1. The smallest absolute Gasteiger partial charge is 0.115 e. The van der Waals surface area contributed by atoms with Crippen molar-refractivity contribution < 1.29 is 5.11 Å². The van der Waals surface area contributed by atoms with Gasteiger partial charge in [-0.25, -0.2) is 0 Å². The normalized spacial score (nSPS) is 25.5. The van der Waals surface area contributed by atoms with Crippen LogP contribution in [0.3, 0.4) is 0 Å². The van der Waals surface area contributed by atoms with Crippen molar-refractivity contribution in [1.82, 2.24) is 4.90 Å². The molecule has 124 valence electrons. The fraction of sp³-hybridized carbons (Fsp3) is 0.579. The summed E-state index contributed by atoms with van der Waals surface area (Å²) in [5, 5.41) is 9.80. The Morgan fingerprint density at radius 3 is 2.73 bits per heavy atom. The molecule has 1 aliphatic rings. The van der Waals surface area contributed by atoms with Gasteiger partial charge < -0.3 is 5.11 Å². The van der Waals surface area contributed by atoms with Gasteiger partial charge in [-0.15, -0.1) is 19.0 Å². The molecule has 0 aliphatic carbocycles. The fourth-order valence-corrected chi connectivity index (χ4v) is 3.47. The van der Waals surface area contributed by atoms with Gasteiger partial charge in [0.25, 0.3) is 0 Å². The fourth-order valence-electron chi connectivity index (χ4n) is 3.47. The van der Waals surface area contributed by atoms with E-state index in [4.69, 9.17) is 0 Å². The number of hydrogen-bond donors (Lipinski definition) is 1. The lowest BCUT2D eigenvalue weighted by Crippen LogP contribution is -2.42. The summed E-state index contributed by atoms with van der Waals surface area (Å²) < 4.78 is 0. The number of phenolic OH excluding ortho intramolecular Hbond substituents is 1. The van der Waals surface area contributed by atoms with Crippen molar-refractivity contribution >= 4 is 12.4 Å². The van der Waals surface area contributed by atoms with Crippen molar-refractivity contribution in [2.24, 2.45) is 11.8 Å². The molecule has 0 amide bonds. The number of piperidine rings is 1. The first-order chi connectivity index (χ1) is 9.99. The van der Waals surface area contributed by atoms with Gasteiger partial charge in [-0.1, -0.05) is 31.6 Å². The van der Waals surface area contributed by atoms with Crippen LogP contribution in [-0.4, -0.2) is 23.1 Å². The molecular weight excluding hydrogens is 294 g/mol. The summed E-state index contributed by atoms with van der Waals surface area (Å²) in [4.78, 5) is 2.60. The molecule has 3 atom stereocenters. The van der Waals surface area contributed by atoms with E-state index < -0.39 is 0 Å². The summed E-state index contributed by atoms with van der Waals surface area (Å²) >= 11 is 0. The number of nitrogens with zero attached hydrogens (tertiary/aromatic N) is 1. The molecule has 0 radical (unpaired) electrons. The summed E-state index contributed by atoms with van der Waals surface area (Å²) in [7, 11) is 0. The number of halogens is 1. The third-order valence-corrected chi connectivity index (χ3v) is 4.92. The van der Waals surface area contributed by atoms with Crippen LogP contribution in [0.4, 0.5) is 0 Å². The molecule has 0 aromatic heterocycles. The van der Waals surface area contributed by atoms with Gasteiger partial charge >= 0.3 is 0 Å². The van der Waals surface area contributed by atoms with E-state index in [2.05, 4.69) is 38.3 Å². The van der Waals surface area contributed by atoms with Gasteiger partial charge in [-0.05, 0) is 68.8 Å². The predicted molar refractivity (Wildman–Crippen MR) is 96.7 cm³/mol. The van der Waals surface area contributed by atoms with E-state index in [1.54, 1.807) is 6.07 Å². The largest absolute Gasteiger partial charge is 0.508 e. The van der Waals surface area contributed by atoms with Crippen molar-refractivity contribution in [3.8, 4) is 5.75 Å². The highest BCUT2D eigenvalue weighted by atomic mass is 35.5. The van der Waals surface area contributed by atoms with Crippen LogP contribution < -0.4 is 0 Å². The van der Waals surface area contributed by atoms with E-state index in [1.165, 1.54) is 24.0 Å². The van der Waals surface area contributed by atoms with Gasteiger partial charge in [0, 0.05) is 6.04 Å². The molecule has 2 nitrogen and oxygen atoms in total. The van der Waals surface area contributed by atoms with Crippen molar-refractivity contribution in [3.63, 3.8) is 0 Å². The number of rotatable bonds is 5. The number of benzene rings is 1. The number of likely N-dealkylation sites (tertiary alicyclic amines) is 1. The van der Waals surface area contributed by atoms with Crippen LogP contribution >= 0.6 is 12.4 Å². The first kappa shape index (κ1) is 19.1. The van der Waals surface area contributed by atoms with Crippen LogP contribution in [0.15, 0.2) is 36.4 Å². The number of aromatic hydroxyl groups is 1. The second-order valence-corrected chi connectivity index (χ2v) is 6.76. The molecule has 3 heteroatoms. The standard InChI is InChI=1S/C19H29NO.ClH/c1-14(2)7-6-11-20-12-10-15(3)16(4)19(20)17-8-5-9-18(21)13-17;/h5,8-9,13,15-16,19,21H,1,6-7,10-12H2,2-4H3;1H/t15?,16-,19-;/m0./s1. The average Bonchev–Trinajstić information content (AvgIpc) is 2.42. The molecule has 1 aromatic rings. The summed E-state index contributed by atoms with van der Waals surface area (Å²) in [5.41, 5.74) is 2.52. The van der Waals surface area contributed by atoms with Crippen molar-refractivity contribution in [2.45, 2.75) is 46.1 Å². The summed E-state index contributed by atoms with van der Waals surface area (Å²) in [6.45, 7) is 13.1. The molecule has 2 rings (SSSR count). The molecule has 1 aromatic carbocycles. The average molecular weight is 324 g/mol. The highest BCUT2D eigenvalue weighted by molar-refractivity contribution is 5.85. The van der Waals surface area contributed by atoms with Crippen LogP contribution in [0.25, 0.3) is 0 Å². The van der Waals surface area contributed by atoms with Crippen molar-refractivity contribution in [2.75, 3.05) is 13.1 Å². The van der Waals surface area contributed by atoms with Gasteiger partial charge in [0.1, 0.15) is 5.75 Å². The maximum absolute atomic E-state index is 9.80. The first-order valence-corrected chi connectivity index (χ1v) is 8.16. The summed E-state index contributed by atoms with van der Waals surface area (Å²) in [6.07, 6.45) is 3.54. The topological polar surface area (TPSA) is 23.5 Å². The second-order valence-electron chi connectivity index (χ2n) is 6.76. The zero-order valence-corrected chi connectivity index (χ0v) is 14.9. The highest BCUT2D eigenvalue weighted by Crippen LogP contribution is 2.39. The Kier molecular flexibility index (Phi) is 7.44. The number of phenols is 1. The first-order valence-electron chi connectivity index (χ1n) is 8.16. The van der Waals surface area contributed by atoms with Crippen LogP contribution in [0.2, 0.25) is 0 Å². The third-order valence-electron chi connectivity index (χ3n) is 4.92. The Bertz CT molecular complexity index is 488. The maximum Gasteiger partial charge on any atom is 0.115 e. The van der Waals surface area contributed by atoms with E-state index >= 15 is 0 Å². The monoisotopic (exact) mass is 323 g/mol. The molecule has 0 spiro atoms. The predicted octanol–water partition coefficient (Wildman–Crippen LogP) is 5.19. The second kappa shape index (κ2) is 8.59. The highest BCUT2D eigenvalue weighted by Gasteiger charge is 2.33. The van der Waals surface area contributed by atoms with E-state index in [-0.39, 0.29) is 12.4 Å². The Hall–Kier alpha value is -0.990. The van der Waals surface area contributed by atoms with Gasteiger partial charge in [0.05, 0.1) is 0 Å². The Morgan fingerprint density at radius 2 is 2.09 bits per heavy atom. The minimum absolute atomic E-state index is 0. The lowest BCUT2D eigenvalue weighted by Gasteiger charge is -2.44. The number of hydrogen-bond acceptors (Lipinski definition) is 2. The number of allylic oxidation sites excluding steroid dienone is 1. The van der Waals surface area contributed by atoms with Gasteiger partial charge in [0.15, 0.2) is 0 Å². The van der Waals surface area contributed by atoms with Crippen LogP contribution in [-0.2, 0) is 0 Å². The lowest BCUT2D eigenvalue weighted by atomic mass is 9.79. The lowest BCUT2D eigenvalue weighted by molar-refractivity contribution is 0.0623. The Morgan fingerprint density at radius 1 is 1.36 bits per heavy atom. The third kappa shape index (κ3) is 4.76. The summed E-state index contributed by atoms with van der Waals surface area (Å²) in [6, 6.07) is 8.23. The minimum atomic E-state index is 0. The van der Waals surface area contributed by atoms with E-state index in [0.29, 0.717) is 17.7 Å². The molecule has 1 fully saturated rings. The molecule has 1 saturated heterocycles. The zero-order chi connectivity index (χ0) is 15.4. The molecule has 0 bridgehead atoms. The molecule has 22 heavy (non-hydrogen) atoms. The molecule has 0 saturated carbocycles. The van der Waals surface area contributed by atoms with Crippen LogP contribution in [0, 0.1) is 11.8 Å². The molecule has 1 unspecified atom stereocenters. The Labute approximate surface area is 141 Å². The van der Waals surface area contributed by atoms with Gasteiger partial charge in [-0.3, -0.25) is 4.90 Å². The molecular formula is C19H30ClNO. The SMILES string of the molecule is C=C(C)CCCN1CCC(C)[C@H](C)[C@H]1c1cccc(O)c1.Cl. The van der Waals surface area contributed by atoms with E-state index in [1.807, 2.05) is 12.1 Å². The van der Waals surface area contributed by atoms with Crippen LogP contribution in [0.1, 0.15) is 51.6 Å². The van der Waals surface area contributed by atoms with Gasteiger partial charge in [-0.2, -0.15) is 0 Å². The van der Waals surface area contributed by atoms with Crippen LogP contribution in [0.5, 0.6) is 5.75 Å². The van der Waals surface area contributed by atoms with Crippen molar-refractivity contribution in [3.05, 3.63) is 42.0 Å².